The van der Waals surface area contributed by atoms with E-state index in [1.807, 2.05) is 68.4 Å². The zero-order valence-electron chi connectivity index (χ0n) is 16.3. The molecule has 0 unspecified atom stereocenters. The van der Waals surface area contributed by atoms with Gasteiger partial charge in [0.1, 0.15) is 11.5 Å². The summed E-state index contributed by atoms with van der Waals surface area (Å²) in [4.78, 5) is 12.1. The average Bonchev–Trinajstić information content (AvgIpc) is 2.68. The quantitative estimate of drug-likeness (QED) is 0.606. The van der Waals surface area contributed by atoms with Gasteiger partial charge in [0, 0.05) is 12.1 Å². The number of aryl methyl sites for hydroxylation is 2. The minimum Gasteiger partial charge on any atom is -0.493 e. The smallest absolute Gasteiger partial charge is 0.262 e. The fourth-order valence-electron chi connectivity index (χ4n) is 2.93. The molecule has 0 saturated carbocycles. The third kappa shape index (κ3) is 6.16. The van der Waals surface area contributed by atoms with Crippen molar-refractivity contribution in [2.45, 2.75) is 20.3 Å². The molecule has 0 aliphatic heterocycles. The topological polar surface area (TPSA) is 47.6 Å². The van der Waals surface area contributed by atoms with Crippen molar-refractivity contribution in [1.29, 1.82) is 0 Å². The normalized spacial score (nSPS) is 10.4. The monoisotopic (exact) mass is 375 g/mol. The maximum atomic E-state index is 12.1. The van der Waals surface area contributed by atoms with E-state index in [2.05, 4.69) is 23.5 Å². The molecule has 0 atom stereocenters. The Balaban J connectivity index is 1.43. The van der Waals surface area contributed by atoms with Crippen molar-refractivity contribution in [1.82, 2.24) is 0 Å². The van der Waals surface area contributed by atoms with Crippen LogP contribution in [0.15, 0.2) is 72.8 Å². The lowest BCUT2D eigenvalue weighted by Gasteiger charge is -2.10. The minimum absolute atomic E-state index is 0.0295. The Bertz CT molecular complexity index is 885. The number of rotatable bonds is 8. The number of amides is 1. The number of ether oxygens (including phenoxy) is 2. The SMILES string of the molecule is Cc1cc(C)cc(OCC(=O)Nc2ccc(OCCc3ccccc3)cc2)c1. The first-order valence-electron chi connectivity index (χ1n) is 9.36. The molecule has 3 aromatic rings. The van der Waals surface area contributed by atoms with Crippen molar-refractivity contribution in [3.63, 3.8) is 0 Å². The second kappa shape index (κ2) is 9.60. The van der Waals surface area contributed by atoms with Crippen LogP contribution in [-0.4, -0.2) is 19.1 Å². The molecule has 0 aliphatic carbocycles. The van der Waals surface area contributed by atoms with Gasteiger partial charge in [-0.1, -0.05) is 36.4 Å². The van der Waals surface area contributed by atoms with Gasteiger partial charge in [0.05, 0.1) is 6.61 Å². The summed E-state index contributed by atoms with van der Waals surface area (Å²) in [6, 6.07) is 23.5. The summed E-state index contributed by atoms with van der Waals surface area (Å²) < 4.78 is 11.3. The number of carbonyl (C=O) groups is 1. The molecule has 0 aromatic heterocycles. The number of carbonyl (C=O) groups excluding carboxylic acids is 1. The number of benzene rings is 3. The first-order valence-corrected chi connectivity index (χ1v) is 9.36. The average molecular weight is 375 g/mol. The van der Waals surface area contributed by atoms with Crippen LogP contribution in [0.4, 0.5) is 5.69 Å². The van der Waals surface area contributed by atoms with E-state index < -0.39 is 0 Å². The van der Waals surface area contributed by atoms with Crippen LogP contribution in [0.25, 0.3) is 0 Å². The lowest BCUT2D eigenvalue weighted by molar-refractivity contribution is -0.118. The number of hydrogen-bond acceptors (Lipinski definition) is 3. The molecule has 0 aliphatic rings. The Hall–Kier alpha value is -3.27. The summed E-state index contributed by atoms with van der Waals surface area (Å²) in [6.07, 6.45) is 0.856. The summed E-state index contributed by atoms with van der Waals surface area (Å²) in [5.74, 6) is 1.28. The van der Waals surface area contributed by atoms with E-state index in [0.717, 1.165) is 23.3 Å². The van der Waals surface area contributed by atoms with Gasteiger partial charge in [-0.2, -0.15) is 0 Å². The second-order valence-corrected chi connectivity index (χ2v) is 6.77. The van der Waals surface area contributed by atoms with E-state index in [1.165, 1.54) is 5.56 Å². The molecule has 3 rings (SSSR count). The van der Waals surface area contributed by atoms with Crippen LogP contribution in [-0.2, 0) is 11.2 Å². The van der Waals surface area contributed by atoms with Crippen LogP contribution >= 0.6 is 0 Å². The maximum absolute atomic E-state index is 12.1. The van der Waals surface area contributed by atoms with E-state index in [1.54, 1.807) is 0 Å². The lowest BCUT2D eigenvalue weighted by atomic mass is 10.1. The van der Waals surface area contributed by atoms with Crippen molar-refractivity contribution in [3.8, 4) is 11.5 Å². The predicted molar refractivity (Wildman–Crippen MR) is 112 cm³/mol. The number of anilines is 1. The van der Waals surface area contributed by atoms with Crippen molar-refractivity contribution >= 4 is 11.6 Å². The van der Waals surface area contributed by atoms with Gasteiger partial charge in [-0.25, -0.2) is 0 Å². The van der Waals surface area contributed by atoms with Gasteiger partial charge in [0.15, 0.2) is 6.61 Å². The van der Waals surface area contributed by atoms with Gasteiger partial charge >= 0.3 is 0 Å². The summed E-state index contributed by atoms with van der Waals surface area (Å²) in [7, 11) is 0. The van der Waals surface area contributed by atoms with Crippen molar-refractivity contribution < 1.29 is 14.3 Å². The van der Waals surface area contributed by atoms with Gasteiger partial charge < -0.3 is 14.8 Å². The molecular formula is C24H25NO3. The van der Waals surface area contributed by atoms with Crippen LogP contribution < -0.4 is 14.8 Å². The standard InChI is InChI=1S/C24H25NO3/c1-18-14-19(2)16-23(15-18)28-17-24(26)25-21-8-10-22(11-9-21)27-13-12-20-6-4-3-5-7-20/h3-11,14-16H,12-13,17H2,1-2H3,(H,25,26). The second-order valence-electron chi connectivity index (χ2n) is 6.77. The maximum Gasteiger partial charge on any atom is 0.262 e. The summed E-state index contributed by atoms with van der Waals surface area (Å²) in [6.45, 7) is 4.59. The molecule has 144 valence electrons. The van der Waals surface area contributed by atoms with Crippen molar-refractivity contribution in [3.05, 3.63) is 89.5 Å². The molecule has 0 saturated heterocycles. The van der Waals surface area contributed by atoms with Crippen molar-refractivity contribution in [2.75, 3.05) is 18.5 Å². The molecule has 0 radical (unpaired) electrons. The summed E-state index contributed by atoms with van der Waals surface area (Å²) >= 11 is 0. The van der Waals surface area contributed by atoms with E-state index in [-0.39, 0.29) is 12.5 Å². The Morgan fingerprint density at radius 1 is 0.821 bits per heavy atom. The van der Waals surface area contributed by atoms with Gasteiger partial charge in [0.2, 0.25) is 0 Å². The van der Waals surface area contributed by atoms with Crippen LogP contribution in [0.2, 0.25) is 0 Å². The van der Waals surface area contributed by atoms with Crippen LogP contribution in [0.3, 0.4) is 0 Å². The summed E-state index contributed by atoms with van der Waals surface area (Å²) in [5, 5.41) is 2.83. The molecule has 4 nitrogen and oxygen atoms in total. The minimum atomic E-state index is -0.197. The third-order valence-electron chi connectivity index (χ3n) is 4.21. The Labute approximate surface area is 166 Å². The van der Waals surface area contributed by atoms with Crippen LogP contribution in [0, 0.1) is 13.8 Å². The van der Waals surface area contributed by atoms with Gasteiger partial charge in [0.25, 0.3) is 5.91 Å². The fraction of sp³-hybridized carbons (Fsp3) is 0.208. The van der Waals surface area contributed by atoms with Crippen molar-refractivity contribution in [2.24, 2.45) is 0 Å². The highest BCUT2D eigenvalue weighted by atomic mass is 16.5. The first-order chi connectivity index (χ1) is 13.6. The van der Waals surface area contributed by atoms with Crippen LogP contribution in [0.5, 0.6) is 11.5 Å². The molecule has 3 aromatic carbocycles. The predicted octanol–water partition coefficient (Wildman–Crippen LogP) is 4.94. The van der Waals surface area contributed by atoms with Gasteiger partial charge in [-0.15, -0.1) is 0 Å². The zero-order chi connectivity index (χ0) is 19.8. The number of nitrogens with one attached hydrogen (secondary N) is 1. The first kappa shape index (κ1) is 19.5. The molecule has 4 heteroatoms. The Morgan fingerprint density at radius 2 is 1.50 bits per heavy atom. The van der Waals surface area contributed by atoms with E-state index in [0.29, 0.717) is 18.0 Å². The van der Waals surface area contributed by atoms with E-state index in [9.17, 15) is 4.79 Å². The highest BCUT2D eigenvalue weighted by molar-refractivity contribution is 5.91. The number of hydrogen-bond donors (Lipinski definition) is 1. The molecule has 0 fully saturated rings. The molecule has 1 N–H and O–H groups in total. The fourth-order valence-corrected chi connectivity index (χ4v) is 2.93. The Morgan fingerprint density at radius 3 is 2.18 bits per heavy atom. The third-order valence-corrected chi connectivity index (χ3v) is 4.21. The Kier molecular flexibility index (Phi) is 6.68. The molecule has 0 bridgehead atoms. The summed E-state index contributed by atoms with van der Waals surface area (Å²) in [5.41, 5.74) is 4.18. The zero-order valence-corrected chi connectivity index (χ0v) is 16.3. The van der Waals surface area contributed by atoms with Gasteiger partial charge in [-0.05, 0) is 66.9 Å². The highest BCUT2D eigenvalue weighted by Gasteiger charge is 2.05. The largest absolute Gasteiger partial charge is 0.493 e. The van der Waals surface area contributed by atoms with Crippen LogP contribution in [0.1, 0.15) is 16.7 Å². The molecular weight excluding hydrogens is 350 g/mol. The van der Waals surface area contributed by atoms with E-state index >= 15 is 0 Å². The molecule has 1 amide bonds. The lowest BCUT2D eigenvalue weighted by Crippen LogP contribution is -2.20. The molecule has 28 heavy (non-hydrogen) atoms. The van der Waals surface area contributed by atoms with Gasteiger partial charge in [-0.3, -0.25) is 4.79 Å². The molecule has 0 spiro atoms. The highest BCUT2D eigenvalue weighted by Crippen LogP contribution is 2.18. The molecule has 0 heterocycles. The van der Waals surface area contributed by atoms with E-state index in [4.69, 9.17) is 9.47 Å².